The van der Waals surface area contributed by atoms with Gasteiger partial charge >= 0.3 is 12.3 Å². The van der Waals surface area contributed by atoms with Crippen molar-refractivity contribution in [1.82, 2.24) is 0 Å². The van der Waals surface area contributed by atoms with Crippen molar-refractivity contribution in [2.45, 2.75) is 26.7 Å². The van der Waals surface area contributed by atoms with E-state index in [2.05, 4.69) is 6.92 Å². The summed E-state index contributed by atoms with van der Waals surface area (Å²) in [6.07, 6.45) is -0.260. The van der Waals surface area contributed by atoms with Crippen LogP contribution in [-0.2, 0) is 12.8 Å². The molecule has 5 aromatic carbocycles. The van der Waals surface area contributed by atoms with E-state index in [9.17, 15) is 9.59 Å². The average molecular weight is 507 g/mol. The zero-order valence-corrected chi connectivity index (χ0v) is 21.1. The highest BCUT2D eigenvalue weighted by Crippen LogP contribution is 2.45. The van der Waals surface area contributed by atoms with Crippen molar-refractivity contribution in [3.63, 3.8) is 0 Å². The Morgan fingerprint density at radius 2 is 1.03 bits per heavy atom. The normalized spacial score (nSPS) is 10.8. The van der Waals surface area contributed by atoms with Gasteiger partial charge in [-0.3, -0.25) is 0 Å². The predicted molar refractivity (Wildman–Crippen MR) is 146 cm³/mol. The second-order valence-electron chi connectivity index (χ2n) is 8.57. The molecule has 0 saturated carbocycles. The molecule has 0 unspecified atom stereocenters. The lowest BCUT2D eigenvalue weighted by molar-refractivity contribution is 0.151. The third-order valence-corrected chi connectivity index (χ3v) is 6.29. The maximum Gasteiger partial charge on any atom is 0.519 e. The summed E-state index contributed by atoms with van der Waals surface area (Å²) in [6.45, 7) is 4.11. The Labute approximate surface area is 220 Å². The second kappa shape index (κ2) is 11.0. The third kappa shape index (κ3) is 5.02. The van der Waals surface area contributed by atoms with E-state index in [1.54, 1.807) is 48.5 Å². The van der Waals surface area contributed by atoms with Crippen LogP contribution in [0, 0.1) is 0 Å². The molecule has 0 saturated heterocycles. The van der Waals surface area contributed by atoms with E-state index in [0.717, 1.165) is 17.5 Å². The van der Waals surface area contributed by atoms with E-state index < -0.39 is 12.3 Å². The highest BCUT2D eigenvalue weighted by Gasteiger charge is 2.24. The Morgan fingerprint density at radius 1 is 0.526 bits per heavy atom. The van der Waals surface area contributed by atoms with Gasteiger partial charge in [-0.05, 0) is 48.2 Å². The van der Waals surface area contributed by atoms with Crippen molar-refractivity contribution in [1.29, 1.82) is 0 Å². The number of benzene rings is 5. The van der Waals surface area contributed by atoms with Gasteiger partial charge < -0.3 is 18.9 Å². The number of hydrogen-bond acceptors (Lipinski definition) is 6. The molecule has 190 valence electrons. The molecule has 6 heteroatoms. The second-order valence-corrected chi connectivity index (χ2v) is 8.57. The molecular weight excluding hydrogens is 480 g/mol. The van der Waals surface area contributed by atoms with Crippen molar-refractivity contribution in [2.75, 3.05) is 0 Å². The summed E-state index contributed by atoms with van der Waals surface area (Å²) in [6, 6.07) is 28.7. The van der Waals surface area contributed by atoms with Crippen LogP contribution in [0.15, 0.2) is 97.1 Å². The molecule has 0 amide bonds. The van der Waals surface area contributed by atoms with E-state index in [0.29, 0.717) is 51.0 Å². The number of carbonyl (C=O) groups excluding carboxylic acids is 2. The summed E-state index contributed by atoms with van der Waals surface area (Å²) in [4.78, 5) is 25.8. The zero-order valence-electron chi connectivity index (χ0n) is 21.1. The number of carbonyl (C=O) groups is 2. The lowest BCUT2D eigenvalue weighted by Gasteiger charge is -2.19. The first-order valence-corrected chi connectivity index (χ1v) is 12.5. The Kier molecular flexibility index (Phi) is 7.22. The van der Waals surface area contributed by atoms with Crippen LogP contribution in [0.25, 0.3) is 21.5 Å². The van der Waals surface area contributed by atoms with E-state index in [1.165, 1.54) is 0 Å². The van der Waals surface area contributed by atoms with Crippen LogP contribution in [0.3, 0.4) is 0 Å². The van der Waals surface area contributed by atoms with E-state index in [4.69, 9.17) is 18.9 Å². The average Bonchev–Trinajstić information content (AvgIpc) is 2.95. The molecule has 0 radical (unpaired) electrons. The number of hydrogen-bond donors (Lipinski definition) is 0. The molecule has 38 heavy (non-hydrogen) atoms. The molecule has 6 nitrogen and oxygen atoms in total. The van der Waals surface area contributed by atoms with Crippen molar-refractivity contribution >= 4 is 33.9 Å². The highest BCUT2D eigenvalue weighted by molar-refractivity contribution is 6.13. The van der Waals surface area contributed by atoms with E-state index >= 15 is 0 Å². The Morgan fingerprint density at radius 3 is 1.55 bits per heavy atom. The fourth-order valence-electron chi connectivity index (χ4n) is 4.63. The van der Waals surface area contributed by atoms with Gasteiger partial charge in [0, 0.05) is 21.5 Å². The summed E-state index contributed by atoms with van der Waals surface area (Å²) >= 11 is 0. The first kappa shape index (κ1) is 24.8. The molecule has 0 atom stereocenters. The minimum atomic E-state index is -0.863. The van der Waals surface area contributed by atoms with Gasteiger partial charge in [0.2, 0.25) is 0 Å². The van der Waals surface area contributed by atoms with Crippen LogP contribution in [0.1, 0.15) is 25.0 Å². The molecule has 0 N–H and O–H groups in total. The molecule has 0 aliphatic heterocycles. The van der Waals surface area contributed by atoms with Crippen molar-refractivity contribution in [3.05, 3.63) is 108 Å². The molecule has 0 heterocycles. The van der Waals surface area contributed by atoms with Gasteiger partial charge in [0.05, 0.1) is 0 Å². The first-order valence-electron chi connectivity index (χ1n) is 12.5. The number of ether oxygens (including phenoxy) is 4. The van der Waals surface area contributed by atoms with Gasteiger partial charge in [-0.25, -0.2) is 9.59 Å². The topological polar surface area (TPSA) is 71.1 Å². The standard InChI is InChI=1S/C32H26O6/c1-3-21-19-20-27-28(24(21)4-2)30(38-32(34)36-23-15-9-6-10-16-23)26-18-12-11-17-25(26)29(27)37-31(33)35-22-13-7-5-8-14-22/h5-20H,3-4H2,1-2H3. The molecule has 0 aromatic heterocycles. The maximum absolute atomic E-state index is 12.9. The van der Waals surface area contributed by atoms with Gasteiger partial charge in [0.25, 0.3) is 0 Å². The van der Waals surface area contributed by atoms with Crippen LogP contribution in [0.5, 0.6) is 23.0 Å². The Bertz CT molecular complexity index is 1610. The monoisotopic (exact) mass is 506 g/mol. The molecular formula is C32H26O6. The highest BCUT2D eigenvalue weighted by atomic mass is 16.7. The number of rotatable bonds is 6. The SMILES string of the molecule is CCc1ccc2c(OC(=O)Oc3ccccc3)c3ccccc3c(OC(=O)Oc3ccccc3)c2c1CC. The quantitative estimate of drug-likeness (QED) is 0.131. The molecule has 5 rings (SSSR count). The van der Waals surface area contributed by atoms with Crippen LogP contribution >= 0.6 is 0 Å². The van der Waals surface area contributed by atoms with Crippen LogP contribution in [-0.4, -0.2) is 12.3 Å². The first-order chi connectivity index (χ1) is 18.6. The zero-order chi connectivity index (χ0) is 26.5. The summed E-state index contributed by atoms with van der Waals surface area (Å²) < 4.78 is 22.6. The van der Waals surface area contributed by atoms with Crippen LogP contribution in [0.2, 0.25) is 0 Å². The molecule has 0 aliphatic rings. The number of aryl methyl sites for hydroxylation is 2. The van der Waals surface area contributed by atoms with E-state index in [1.807, 2.05) is 55.5 Å². The number of fused-ring (bicyclic) bond motifs is 2. The Balaban J connectivity index is 1.66. The Hall–Kier alpha value is -4.84. The summed E-state index contributed by atoms with van der Waals surface area (Å²) in [5, 5.41) is 2.53. The molecule has 5 aromatic rings. The lowest BCUT2D eigenvalue weighted by atomic mass is 9.91. The smallest absolute Gasteiger partial charge is 0.395 e. The molecule has 0 aliphatic carbocycles. The van der Waals surface area contributed by atoms with Gasteiger partial charge in [0.15, 0.2) is 5.75 Å². The lowest BCUT2D eigenvalue weighted by Crippen LogP contribution is -2.16. The van der Waals surface area contributed by atoms with Gasteiger partial charge in [0.1, 0.15) is 17.2 Å². The fraction of sp³-hybridized carbons (Fsp3) is 0.125. The van der Waals surface area contributed by atoms with Gasteiger partial charge in [-0.15, -0.1) is 0 Å². The minimum Gasteiger partial charge on any atom is -0.395 e. The minimum absolute atomic E-state index is 0.331. The maximum atomic E-state index is 12.9. The van der Waals surface area contributed by atoms with Gasteiger partial charge in [-0.1, -0.05) is 86.6 Å². The molecule has 0 bridgehead atoms. The number of para-hydroxylation sites is 2. The third-order valence-electron chi connectivity index (χ3n) is 6.29. The largest absolute Gasteiger partial charge is 0.519 e. The fourth-order valence-corrected chi connectivity index (χ4v) is 4.63. The summed E-state index contributed by atoms with van der Waals surface area (Å²) in [7, 11) is 0. The van der Waals surface area contributed by atoms with Crippen LogP contribution < -0.4 is 18.9 Å². The van der Waals surface area contributed by atoms with Crippen molar-refractivity contribution in [3.8, 4) is 23.0 Å². The van der Waals surface area contributed by atoms with Crippen molar-refractivity contribution in [2.24, 2.45) is 0 Å². The van der Waals surface area contributed by atoms with E-state index in [-0.39, 0.29) is 0 Å². The molecule has 0 spiro atoms. The summed E-state index contributed by atoms with van der Waals surface area (Å²) in [5.41, 5.74) is 2.11. The van der Waals surface area contributed by atoms with Crippen LogP contribution in [0.4, 0.5) is 9.59 Å². The molecule has 0 fully saturated rings. The predicted octanol–water partition coefficient (Wildman–Crippen LogP) is 8.27. The van der Waals surface area contributed by atoms with Gasteiger partial charge in [-0.2, -0.15) is 0 Å². The van der Waals surface area contributed by atoms with Crippen molar-refractivity contribution < 1.29 is 28.5 Å². The summed E-state index contributed by atoms with van der Waals surface area (Å²) in [5.74, 6) is 1.43.